The molecule has 0 aromatic heterocycles. The smallest absolute Gasteiger partial charge is 0.245 e. The first-order chi connectivity index (χ1) is 8.17. The zero-order valence-corrected chi connectivity index (χ0v) is 12.0. The van der Waals surface area contributed by atoms with Gasteiger partial charge in [0.2, 0.25) is 11.8 Å². The van der Waals surface area contributed by atoms with E-state index in [0.29, 0.717) is 6.42 Å². The summed E-state index contributed by atoms with van der Waals surface area (Å²) in [6.45, 7) is 5.06. The SMILES string of the molecule is CCC1C(=O)NC(C)C(=O)N1C(C)CS(C)(=O)=O. The lowest BCUT2D eigenvalue weighted by molar-refractivity contribution is -0.150. The first kappa shape index (κ1) is 14.9. The van der Waals surface area contributed by atoms with Crippen LogP contribution in [-0.2, 0) is 19.4 Å². The van der Waals surface area contributed by atoms with Crippen LogP contribution in [0.5, 0.6) is 0 Å². The third-order valence-electron chi connectivity index (χ3n) is 3.03. The summed E-state index contributed by atoms with van der Waals surface area (Å²) in [5.74, 6) is -0.572. The van der Waals surface area contributed by atoms with Crippen LogP contribution in [0.15, 0.2) is 0 Å². The van der Waals surface area contributed by atoms with Crippen LogP contribution in [0.3, 0.4) is 0 Å². The molecule has 0 radical (unpaired) electrons. The second kappa shape index (κ2) is 5.26. The molecular formula is C11H20N2O4S. The van der Waals surface area contributed by atoms with Crippen molar-refractivity contribution in [1.29, 1.82) is 0 Å². The van der Waals surface area contributed by atoms with Gasteiger partial charge in [0.15, 0.2) is 0 Å². The van der Waals surface area contributed by atoms with Gasteiger partial charge in [-0.2, -0.15) is 0 Å². The van der Waals surface area contributed by atoms with Crippen LogP contribution >= 0.6 is 0 Å². The van der Waals surface area contributed by atoms with Gasteiger partial charge in [-0.1, -0.05) is 6.92 Å². The summed E-state index contributed by atoms with van der Waals surface area (Å²) in [7, 11) is -3.19. The fraction of sp³-hybridized carbons (Fsp3) is 0.818. The van der Waals surface area contributed by atoms with Gasteiger partial charge in [0, 0.05) is 12.3 Å². The highest BCUT2D eigenvalue weighted by atomic mass is 32.2. The normalized spacial score (nSPS) is 27.0. The van der Waals surface area contributed by atoms with Crippen LogP contribution in [0.25, 0.3) is 0 Å². The number of sulfone groups is 1. The van der Waals surface area contributed by atoms with E-state index in [9.17, 15) is 18.0 Å². The van der Waals surface area contributed by atoms with E-state index >= 15 is 0 Å². The number of amides is 2. The van der Waals surface area contributed by atoms with Gasteiger partial charge in [0.1, 0.15) is 21.9 Å². The molecule has 0 saturated carbocycles. The highest BCUT2D eigenvalue weighted by Crippen LogP contribution is 2.17. The Morgan fingerprint density at radius 2 is 1.94 bits per heavy atom. The molecule has 3 atom stereocenters. The molecule has 0 aromatic carbocycles. The third-order valence-corrected chi connectivity index (χ3v) is 4.12. The van der Waals surface area contributed by atoms with Gasteiger partial charge in [-0.25, -0.2) is 8.42 Å². The topological polar surface area (TPSA) is 83.6 Å². The second-order valence-corrected chi connectivity index (χ2v) is 7.03. The lowest BCUT2D eigenvalue weighted by Crippen LogP contribution is -2.65. The molecular weight excluding hydrogens is 256 g/mol. The Kier molecular flexibility index (Phi) is 4.37. The fourth-order valence-corrected chi connectivity index (χ4v) is 3.34. The van der Waals surface area contributed by atoms with Crippen LogP contribution in [-0.4, -0.2) is 55.3 Å². The van der Waals surface area contributed by atoms with Crippen molar-refractivity contribution in [2.45, 2.75) is 45.3 Å². The summed E-state index contributed by atoms with van der Waals surface area (Å²) in [6.07, 6.45) is 1.60. The van der Waals surface area contributed by atoms with Gasteiger partial charge in [0.05, 0.1) is 5.75 Å². The van der Waals surface area contributed by atoms with Crippen LogP contribution < -0.4 is 5.32 Å². The molecule has 1 saturated heterocycles. The Morgan fingerprint density at radius 3 is 2.39 bits per heavy atom. The molecule has 18 heavy (non-hydrogen) atoms. The molecule has 1 heterocycles. The number of nitrogens with zero attached hydrogens (tertiary/aromatic N) is 1. The minimum absolute atomic E-state index is 0.130. The zero-order chi connectivity index (χ0) is 14.1. The molecule has 0 aliphatic carbocycles. The van der Waals surface area contributed by atoms with E-state index in [1.807, 2.05) is 0 Å². The van der Waals surface area contributed by atoms with E-state index in [-0.39, 0.29) is 17.6 Å². The molecule has 1 N–H and O–H groups in total. The second-order valence-electron chi connectivity index (χ2n) is 4.84. The predicted octanol–water partition coefficient (Wildman–Crippen LogP) is -0.455. The molecule has 1 aliphatic heterocycles. The quantitative estimate of drug-likeness (QED) is 0.753. The molecule has 2 amide bonds. The van der Waals surface area contributed by atoms with Crippen molar-refractivity contribution in [2.75, 3.05) is 12.0 Å². The summed E-state index contributed by atoms with van der Waals surface area (Å²) in [4.78, 5) is 25.3. The summed E-state index contributed by atoms with van der Waals surface area (Å²) >= 11 is 0. The van der Waals surface area contributed by atoms with Crippen LogP contribution in [0.4, 0.5) is 0 Å². The average Bonchev–Trinajstić information content (AvgIpc) is 2.20. The Morgan fingerprint density at radius 1 is 1.39 bits per heavy atom. The minimum Gasteiger partial charge on any atom is -0.343 e. The van der Waals surface area contributed by atoms with E-state index in [1.165, 1.54) is 4.90 Å². The lowest BCUT2D eigenvalue weighted by Gasteiger charge is -2.41. The molecule has 1 fully saturated rings. The van der Waals surface area contributed by atoms with Crippen molar-refractivity contribution < 1.29 is 18.0 Å². The van der Waals surface area contributed by atoms with Crippen LogP contribution in [0.2, 0.25) is 0 Å². The van der Waals surface area contributed by atoms with Crippen LogP contribution in [0, 0.1) is 0 Å². The van der Waals surface area contributed by atoms with Crippen molar-refractivity contribution in [3.8, 4) is 0 Å². The summed E-state index contributed by atoms with van der Waals surface area (Å²) in [5.41, 5.74) is 0. The lowest BCUT2D eigenvalue weighted by atomic mass is 10.0. The van der Waals surface area contributed by atoms with Crippen LogP contribution in [0.1, 0.15) is 27.2 Å². The highest BCUT2D eigenvalue weighted by molar-refractivity contribution is 7.90. The molecule has 104 valence electrons. The Bertz CT molecular complexity index is 446. The Balaban J connectivity index is 2.99. The largest absolute Gasteiger partial charge is 0.343 e. The molecule has 1 rings (SSSR count). The molecule has 0 aromatic rings. The van der Waals surface area contributed by atoms with Crippen molar-refractivity contribution in [1.82, 2.24) is 10.2 Å². The Hall–Kier alpha value is -1.11. The number of carbonyl (C=O) groups is 2. The van der Waals surface area contributed by atoms with E-state index in [4.69, 9.17) is 0 Å². The molecule has 0 spiro atoms. The number of hydrogen-bond acceptors (Lipinski definition) is 4. The van der Waals surface area contributed by atoms with Gasteiger partial charge in [-0.15, -0.1) is 0 Å². The third kappa shape index (κ3) is 3.22. The maximum atomic E-state index is 12.1. The van der Waals surface area contributed by atoms with Crippen molar-refractivity contribution in [3.05, 3.63) is 0 Å². The van der Waals surface area contributed by atoms with E-state index in [0.717, 1.165) is 6.26 Å². The molecule has 7 heteroatoms. The summed E-state index contributed by atoms with van der Waals surface area (Å²) < 4.78 is 22.6. The monoisotopic (exact) mass is 276 g/mol. The maximum Gasteiger partial charge on any atom is 0.245 e. The van der Waals surface area contributed by atoms with Gasteiger partial charge in [-0.3, -0.25) is 9.59 Å². The van der Waals surface area contributed by atoms with Gasteiger partial charge in [-0.05, 0) is 20.3 Å². The van der Waals surface area contributed by atoms with Gasteiger partial charge in [0.25, 0.3) is 0 Å². The minimum atomic E-state index is -3.19. The Labute approximate surface area is 108 Å². The summed E-state index contributed by atoms with van der Waals surface area (Å²) in [6, 6.07) is -1.67. The van der Waals surface area contributed by atoms with Gasteiger partial charge < -0.3 is 10.2 Å². The first-order valence-electron chi connectivity index (χ1n) is 5.97. The molecule has 6 nitrogen and oxygen atoms in total. The van der Waals surface area contributed by atoms with Crippen molar-refractivity contribution in [3.63, 3.8) is 0 Å². The van der Waals surface area contributed by atoms with E-state index < -0.39 is 28.0 Å². The maximum absolute atomic E-state index is 12.1. The zero-order valence-electron chi connectivity index (χ0n) is 11.1. The first-order valence-corrected chi connectivity index (χ1v) is 8.03. The van der Waals surface area contributed by atoms with Crippen molar-refractivity contribution in [2.24, 2.45) is 0 Å². The molecule has 1 aliphatic rings. The number of hydrogen-bond donors (Lipinski definition) is 1. The number of piperazine rings is 1. The van der Waals surface area contributed by atoms with Crippen molar-refractivity contribution >= 4 is 21.7 Å². The predicted molar refractivity (Wildman–Crippen MR) is 67.7 cm³/mol. The number of carbonyl (C=O) groups excluding carboxylic acids is 2. The number of nitrogens with one attached hydrogen (secondary N) is 1. The molecule has 3 unspecified atom stereocenters. The number of rotatable bonds is 4. The molecule has 0 bridgehead atoms. The van der Waals surface area contributed by atoms with E-state index in [1.54, 1.807) is 20.8 Å². The van der Waals surface area contributed by atoms with E-state index in [2.05, 4.69) is 5.32 Å². The highest BCUT2D eigenvalue weighted by Gasteiger charge is 2.40. The average molecular weight is 276 g/mol. The summed E-state index contributed by atoms with van der Waals surface area (Å²) in [5, 5.41) is 2.60. The standard InChI is InChI=1S/C11H20N2O4S/c1-5-9-10(14)12-8(3)11(15)13(9)7(2)6-18(4,16)17/h7-9H,5-6H2,1-4H3,(H,12,14). The fourth-order valence-electron chi connectivity index (χ4n) is 2.30. The van der Waals surface area contributed by atoms with Gasteiger partial charge >= 0.3 is 0 Å².